The zero-order valence-electron chi connectivity index (χ0n) is 6.84. The summed E-state index contributed by atoms with van der Waals surface area (Å²) < 4.78 is 27.5. The van der Waals surface area contributed by atoms with Gasteiger partial charge in [-0.1, -0.05) is 11.6 Å². The van der Waals surface area contributed by atoms with Gasteiger partial charge in [0.25, 0.3) is 0 Å². The van der Waals surface area contributed by atoms with E-state index < -0.39 is 11.6 Å². The molecule has 0 amide bonds. The van der Waals surface area contributed by atoms with Crippen LogP contribution in [0.1, 0.15) is 0 Å². The van der Waals surface area contributed by atoms with E-state index in [2.05, 4.69) is 11.1 Å². The molecule has 0 spiro atoms. The molecule has 1 aromatic heterocycles. The Morgan fingerprint density at radius 3 is 2.43 bits per heavy atom. The van der Waals surface area contributed by atoms with E-state index in [1.807, 2.05) is 0 Å². The lowest BCUT2D eigenvalue weighted by atomic mass is 10.3. The van der Waals surface area contributed by atoms with Crippen molar-refractivity contribution in [2.45, 2.75) is 0 Å². The van der Waals surface area contributed by atoms with E-state index in [-0.39, 0.29) is 10.8 Å². The van der Waals surface area contributed by atoms with Crippen LogP contribution in [0.4, 0.5) is 8.78 Å². The minimum Gasteiger partial charge on any atom is -0.299 e. The second kappa shape index (κ2) is 3.38. The second-order valence-electron chi connectivity index (χ2n) is 2.60. The van der Waals surface area contributed by atoms with Gasteiger partial charge in [0.15, 0.2) is 11.6 Å². The molecule has 0 bridgehead atoms. The highest BCUT2D eigenvalue weighted by atomic mass is 35.5. The fraction of sp³-hybridized carbons (Fsp3) is 0. The van der Waals surface area contributed by atoms with Crippen LogP contribution in [0, 0.1) is 17.7 Å². The molecule has 0 unspecified atom stereocenters. The van der Waals surface area contributed by atoms with Gasteiger partial charge in [0.1, 0.15) is 17.2 Å². The molecule has 14 heavy (non-hydrogen) atoms. The first-order chi connectivity index (χ1) is 6.68. The van der Waals surface area contributed by atoms with Crippen molar-refractivity contribution in [3.8, 4) is 5.69 Å². The lowest BCUT2D eigenvalue weighted by molar-refractivity contribution is 0.568. The van der Waals surface area contributed by atoms with Crippen molar-refractivity contribution in [2.75, 3.05) is 0 Å². The Kier molecular flexibility index (Phi) is 2.21. The summed E-state index contributed by atoms with van der Waals surface area (Å²) in [6, 6.07) is 4.43. The van der Waals surface area contributed by atoms with Crippen molar-refractivity contribution in [2.24, 2.45) is 0 Å². The van der Waals surface area contributed by atoms with Crippen LogP contribution in [-0.4, -0.2) is 9.55 Å². The summed E-state index contributed by atoms with van der Waals surface area (Å²) in [4.78, 5) is 3.66. The molecular formula is C9H4ClF2N2. The Balaban J connectivity index is 2.61. The summed E-state index contributed by atoms with van der Waals surface area (Å²) in [5.41, 5.74) is -0.205. The molecule has 0 atom stereocenters. The Bertz CT molecular complexity index is 447. The van der Waals surface area contributed by atoms with Crippen molar-refractivity contribution in [1.29, 1.82) is 0 Å². The predicted octanol–water partition coefficient (Wildman–Crippen LogP) is 2.60. The van der Waals surface area contributed by atoms with Gasteiger partial charge in [-0.3, -0.25) is 4.57 Å². The average Bonchev–Trinajstić information content (AvgIpc) is 2.51. The molecule has 0 N–H and O–H groups in total. The van der Waals surface area contributed by atoms with Crippen LogP contribution < -0.4 is 0 Å². The predicted molar refractivity (Wildman–Crippen MR) is 47.3 cm³/mol. The molecule has 0 aliphatic heterocycles. The average molecular weight is 214 g/mol. The summed E-state index contributed by atoms with van der Waals surface area (Å²) in [7, 11) is 0. The normalized spacial score (nSPS) is 10.5. The Labute approximate surface area is 83.8 Å². The quantitative estimate of drug-likeness (QED) is 0.712. The van der Waals surface area contributed by atoms with E-state index in [1.54, 1.807) is 0 Å². The maximum Gasteiger partial charge on any atom is 0.150 e. The topological polar surface area (TPSA) is 17.8 Å². The van der Waals surface area contributed by atoms with Crippen LogP contribution in [0.3, 0.4) is 0 Å². The molecule has 2 rings (SSSR count). The number of nitrogens with zero attached hydrogens (tertiary/aromatic N) is 2. The number of halogens is 3. The van der Waals surface area contributed by atoms with Crippen LogP contribution >= 0.6 is 11.6 Å². The SMILES string of the molecule is Fc1c[c]cc(F)c1-n1cnc(Cl)c1. The van der Waals surface area contributed by atoms with E-state index >= 15 is 0 Å². The van der Waals surface area contributed by atoms with Gasteiger partial charge >= 0.3 is 0 Å². The van der Waals surface area contributed by atoms with Crippen molar-refractivity contribution in [3.05, 3.63) is 47.5 Å². The highest BCUT2D eigenvalue weighted by molar-refractivity contribution is 6.29. The lowest BCUT2D eigenvalue weighted by Crippen LogP contribution is -1.98. The molecule has 2 nitrogen and oxygen atoms in total. The largest absolute Gasteiger partial charge is 0.299 e. The molecule has 1 aromatic carbocycles. The maximum atomic E-state index is 13.2. The Morgan fingerprint density at radius 1 is 1.29 bits per heavy atom. The number of imidazole rings is 1. The minimum absolute atomic E-state index is 0.177. The van der Waals surface area contributed by atoms with Crippen LogP contribution in [0.5, 0.6) is 0 Å². The van der Waals surface area contributed by atoms with Gasteiger partial charge in [0, 0.05) is 6.20 Å². The monoisotopic (exact) mass is 213 g/mol. The maximum absolute atomic E-state index is 13.2. The molecule has 1 radical (unpaired) electrons. The zero-order valence-corrected chi connectivity index (χ0v) is 7.59. The standard InChI is InChI=1S/C9H4ClF2N2/c10-8-4-14(5-13-8)9-6(11)2-1-3-7(9)12/h2-5H. The van der Waals surface area contributed by atoms with Gasteiger partial charge in [-0.2, -0.15) is 0 Å². The smallest absolute Gasteiger partial charge is 0.150 e. The van der Waals surface area contributed by atoms with Crippen LogP contribution in [0.2, 0.25) is 5.15 Å². The Hall–Kier alpha value is -1.42. The summed E-state index contributed by atoms with van der Waals surface area (Å²) >= 11 is 5.53. The fourth-order valence-corrected chi connectivity index (χ4v) is 1.26. The lowest BCUT2D eigenvalue weighted by Gasteiger charge is -2.03. The molecule has 0 fully saturated rings. The molecule has 71 valence electrons. The number of aromatic nitrogens is 2. The first-order valence-electron chi connectivity index (χ1n) is 3.73. The first-order valence-corrected chi connectivity index (χ1v) is 4.11. The molecule has 0 saturated carbocycles. The minimum atomic E-state index is -0.709. The number of benzene rings is 1. The molecule has 1 heterocycles. The van der Waals surface area contributed by atoms with Crippen LogP contribution in [-0.2, 0) is 0 Å². The number of hydrogen-bond acceptors (Lipinski definition) is 1. The summed E-state index contributed by atoms with van der Waals surface area (Å²) in [5, 5.41) is 0.177. The third-order valence-electron chi connectivity index (χ3n) is 1.68. The van der Waals surface area contributed by atoms with Gasteiger partial charge in [0.05, 0.1) is 0 Å². The van der Waals surface area contributed by atoms with Crippen molar-refractivity contribution >= 4 is 11.6 Å². The highest BCUT2D eigenvalue weighted by Crippen LogP contribution is 2.18. The van der Waals surface area contributed by atoms with Gasteiger partial charge in [-0.25, -0.2) is 13.8 Å². The molecule has 5 heteroatoms. The molecule has 0 aliphatic rings. The van der Waals surface area contributed by atoms with E-state index in [1.165, 1.54) is 17.1 Å². The van der Waals surface area contributed by atoms with Gasteiger partial charge in [-0.05, 0) is 18.2 Å². The van der Waals surface area contributed by atoms with E-state index in [0.29, 0.717) is 0 Å². The van der Waals surface area contributed by atoms with Crippen molar-refractivity contribution in [1.82, 2.24) is 9.55 Å². The highest BCUT2D eigenvalue weighted by Gasteiger charge is 2.10. The second-order valence-corrected chi connectivity index (χ2v) is 2.99. The van der Waals surface area contributed by atoms with Crippen LogP contribution in [0.15, 0.2) is 24.7 Å². The van der Waals surface area contributed by atoms with Crippen LogP contribution in [0.25, 0.3) is 5.69 Å². The first kappa shape index (κ1) is 9.15. The molecule has 0 aliphatic carbocycles. The van der Waals surface area contributed by atoms with E-state index in [0.717, 1.165) is 12.1 Å². The number of rotatable bonds is 1. The fourth-order valence-electron chi connectivity index (χ4n) is 1.11. The van der Waals surface area contributed by atoms with E-state index in [9.17, 15) is 8.78 Å². The molecule has 2 aromatic rings. The summed E-state index contributed by atoms with van der Waals surface area (Å²) in [5.74, 6) is -1.42. The summed E-state index contributed by atoms with van der Waals surface area (Å²) in [6.45, 7) is 0. The third-order valence-corrected chi connectivity index (χ3v) is 1.88. The van der Waals surface area contributed by atoms with Crippen molar-refractivity contribution < 1.29 is 8.78 Å². The third kappa shape index (κ3) is 1.48. The van der Waals surface area contributed by atoms with Gasteiger partial charge < -0.3 is 0 Å². The zero-order chi connectivity index (χ0) is 10.1. The van der Waals surface area contributed by atoms with Crippen molar-refractivity contribution in [3.63, 3.8) is 0 Å². The van der Waals surface area contributed by atoms with Gasteiger partial charge in [-0.15, -0.1) is 0 Å². The van der Waals surface area contributed by atoms with Gasteiger partial charge in [0.2, 0.25) is 0 Å². The Morgan fingerprint density at radius 2 is 1.93 bits per heavy atom. The van der Waals surface area contributed by atoms with E-state index in [4.69, 9.17) is 11.6 Å². The summed E-state index contributed by atoms with van der Waals surface area (Å²) in [6.07, 6.45) is 2.56. The molecule has 0 saturated heterocycles. The number of hydrogen-bond donors (Lipinski definition) is 0. The molecular weight excluding hydrogens is 210 g/mol.